The fraction of sp³-hybridized carbons (Fsp3) is 0.833. The molecule has 3 nitrogen and oxygen atoms in total. The molecule has 1 aliphatic rings. The van der Waals surface area contributed by atoms with Crippen LogP contribution in [0, 0.1) is 0 Å². The minimum absolute atomic E-state index is 0.552. The van der Waals surface area contributed by atoms with Gasteiger partial charge in [0.05, 0.1) is 6.54 Å². The third kappa shape index (κ3) is 1.50. The maximum atomic E-state index is 5.38. The zero-order valence-electron chi connectivity index (χ0n) is 6.00. The number of hydrogen-bond donors (Lipinski definition) is 0. The molecule has 0 amide bonds. The normalized spacial score (nSPS) is 33.6. The molecule has 0 N–H and O–H groups in total. The summed E-state index contributed by atoms with van der Waals surface area (Å²) in [5.41, 5.74) is 0. The van der Waals surface area contributed by atoms with E-state index in [2.05, 4.69) is 4.99 Å². The van der Waals surface area contributed by atoms with Crippen LogP contribution in [0.2, 0.25) is 0 Å². The molecule has 0 aliphatic carbocycles. The van der Waals surface area contributed by atoms with Crippen molar-refractivity contribution in [2.75, 3.05) is 26.7 Å². The van der Waals surface area contributed by atoms with Gasteiger partial charge in [0.25, 0.3) is 0 Å². The second-order valence-electron chi connectivity index (χ2n) is 2.34. The van der Waals surface area contributed by atoms with Gasteiger partial charge in [-0.2, -0.15) is 4.84 Å². The fourth-order valence-electron chi connectivity index (χ4n) is 0.937. The highest BCUT2D eigenvalue weighted by molar-refractivity contribution is 5.46. The van der Waals surface area contributed by atoms with Crippen LogP contribution in [0.15, 0.2) is 4.99 Å². The second-order valence-corrected chi connectivity index (χ2v) is 2.34. The summed E-state index contributed by atoms with van der Waals surface area (Å²) in [6, 6.07) is 0. The molecule has 0 aromatic heterocycles. The number of hydrogen-bond acceptors (Lipinski definition) is 2. The summed E-state index contributed by atoms with van der Waals surface area (Å²) in [4.78, 5) is 9.46. The molecule has 9 heavy (non-hydrogen) atoms. The molecule has 52 valence electrons. The molecule has 0 saturated heterocycles. The molecule has 0 fully saturated rings. The predicted octanol–water partition coefficient (Wildman–Crippen LogP) is 0.426. The van der Waals surface area contributed by atoms with Crippen molar-refractivity contribution in [2.24, 2.45) is 4.99 Å². The van der Waals surface area contributed by atoms with Gasteiger partial charge in [-0.15, -0.1) is 4.65 Å². The Morgan fingerprint density at radius 3 is 3.00 bits per heavy atom. The molecule has 0 aromatic carbocycles. The van der Waals surface area contributed by atoms with Gasteiger partial charge in [0.1, 0.15) is 20.2 Å². The SMILES string of the molecule is CCO[N+]1(C)C=NCC1. The predicted molar refractivity (Wildman–Crippen MR) is 36.0 cm³/mol. The lowest BCUT2D eigenvalue weighted by Crippen LogP contribution is -2.40. The van der Waals surface area contributed by atoms with Crippen LogP contribution in [0.3, 0.4) is 0 Å². The van der Waals surface area contributed by atoms with Gasteiger partial charge in [-0.25, -0.2) is 4.99 Å². The monoisotopic (exact) mass is 129 g/mol. The van der Waals surface area contributed by atoms with Crippen LogP contribution in [0.1, 0.15) is 6.92 Å². The van der Waals surface area contributed by atoms with Gasteiger partial charge >= 0.3 is 0 Å². The minimum Gasteiger partial charge on any atom is -0.233 e. The molecule has 1 aliphatic heterocycles. The Bertz CT molecular complexity index is 124. The fourth-order valence-corrected chi connectivity index (χ4v) is 0.937. The third-order valence-electron chi connectivity index (χ3n) is 1.42. The van der Waals surface area contributed by atoms with Crippen molar-refractivity contribution in [1.29, 1.82) is 0 Å². The summed E-state index contributed by atoms with van der Waals surface area (Å²) in [6.45, 7) is 4.63. The van der Waals surface area contributed by atoms with E-state index in [0.717, 1.165) is 19.7 Å². The molecule has 0 aromatic rings. The average molecular weight is 129 g/mol. The van der Waals surface area contributed by atoms with Crippen molar-refractivity contribution < 1.29 is 9.48 Å². The lowest BCUT2D eigenvalue weighted by atomic mass is 10.6. The summed E-state index contributed by atoms with van der Waals surface area (Å²) < 4.78 is 0.552. The number of rotatable bonds is 2. The Kier molecular flexibility index (Phi) is 1.83. The van der Waals surface area contributed by atoms with Crippen LogP contribution >= 0.6 is 0 Å². The average Bonchev–Trinajstić information content (AvgIpc) is 2.16. The van der Waals surface area contributed by atoms with Gasteiger partial charge in [0.2, 0.25) is 6.34 Å². The highest BCUT2D eigenvalue weighted by atomic mass is 16.7. The molecule has 0 saturated carbocycles. The summed E-state index contributed by atoms with van der Waals surface area (Å²) in [5, 5.41) is 0. The van der Waals surface area contributed by atoms with Crippen LogP contribution in [-0.2, 0) is 4.84 Å². The molecule has 1 unspecified atom stereocenters. The van der Waals surface area contributed by atoms with E-state index >= 15 is 0 Å². The molecule has 0 bridgehead atoms. The van der Waals surface area contributed by atoms with Crippen molar-refractivity contribution in [1.82, 2.24) is 0 Å². The maximum absolute atomic E-state index is 5.38. The van der Waals surface area contributed by atoms with E-state index in [0.29, 0.717) is 4.65 Å². The first-order chi connectivity index (χ1) is 4.27. The summed E-state index contributed by atoms with van der Waals surface area (Å²) >= 11 is 0. The Labute approximate surface area is 55.5 Å². The van der Waals surface area contributed by atoms with E-state index in [9.17, 15) is 0 Å². The number of likely N-dealkylation sites (N-methyl/N-ethyl adjacent to an activating group) is 1. The quantitative estimate of drug-likeness (QED) is 0.495. The van der Waals surface area contributed by atoms with Gasteiger partial charge < -0.3 is 0 Å². The molecular formula is C6H13N2O+. The summed E-state index contributed by atoms with van der Waals surface area (Å²) in [6.07, 6.45) is 1.85. The van der Waals surface area contributed by atoms with Crippen LogP contribution in [-0.4, -0.2) is 37.7 Å². The first-order valence-electron chi connectivity index (χ1n) is 3.27. The largest absolute Gasteiger partial charge is 0.233 e. The number of aliphatic imine (C=N–C) groups is 1. The molecule has 0 spiro atoms. The number of hydroxylamine groups is 3. The van der Waals surface area contributed by atoms with E-state index in [1.165, 1.54) is 0 Å². The van der Waals surface area contributed by atoms with Crippen LogP contribution in [0.4, 0.5) is 0 Å². The van der Waals surface area contributed by atoms with Crippen molar-refractivity contribution in [3.63, 3.8) is 0 Å². The first-order valence-corrected chi connectivity index (χ1v) is 3.27. The van der Waals surface area contributed by atoms with Gasteiger partial charge in [-0.1, -0.05) is 0 Å². The highest BCUT2D eigenvalue weighted by Crippen LogP contribution is 2.04. The lowest BCUT2D eigenvalue weighted by molar-refractivity contribution is -1.01. The van der Waals surface area contributed by atoms with E-state index in [4.69, 9.17) is 4.84 Å². The summed E-state index contributed by atoms with van der Waals surface area (Å²) in [5.74, 6) is 0. The van der Waals surface area contributed by atoms with E-state index < -0.39 is 0 Å². The standard InChI is InChI=1S/C6H13N2O/c1-3-9-8(2)5-4-7-6-8/h6H,3-5H2,1-2H3/q+1. The smallest absolute Gasteiger partial charge is 0.218 e. The first kappa shape index (κ1) is 6.71. The molecule has 1 rings (SSSR count). The molecule has 1 heterocycles. The van der Waals surface area contributed by atoms with Gasteiger partial charge in [-0.05, 0) is 6.92 Å². The van der Waals surface area contributed by atoms with Gasteiger partial charge in [0, 0.05) is 0 Å². The molecule has 0 radical (unpaired) electrons. The molecular weight excluding hydrogens is 116 g/mol. The number of nitrogens with zero attached hydrogens (tertiary/aromatic N) is 2. The Morgan fingerprint density at radius 2 is 2.56 bits per heavy atom. The molecule has 3 heteroatoms. The van der Waals surface area contributed by atoms with E-state index in [1.54, 1.807) is 0 Å². The number of quaternary nitrogens is 1. The lowest BCUT2D eigenvalue weighted by Gasteiger charge is -2.20. The second kappa shape index (κ2) is 2.45. The topological polar surface area (TPSA) is 21.6 Å². The van der Waals surface area contributed by atoms with Gasteiger partial charge in [0.15, 0.2) is 0 Å². The van der Waals surface area contributed by atoms with Gasteiger partial charge in [-0.3, -0.25) is 0 Å². The molecule has 1 atom stereocenters. The Morgan fingerprint density at radius 1 is 1.78 bits per heavy atom. The van der Waals surface area contributed by atoms with Crippen LogP contribution < -0.4 is 0 Å². The van der Waals surface area contributed by atoms with Crippen molar-refractivity contribution in [3.05, 3.63) is 0 Å². The van der Waals surface area contributed by atoms with Crippen molar-refractivity contribution >= 4 is 6.34 Å². The van der Waals surface area contributed by atoms with Crippen molar-refractivity contribution in [2.45, 2.75) is 6.92 Å². The van der Waals surface area contributed by atoms with Crippen molar-refractivity contribution in [3.8, 4) is 0 Å². The summed E-state index contributed by atoms with van der Waals surface area (Å²) in [7, 11) is 2.01. The van der Waals surface area contributed by atoms with E-state index in [1.807, 2.05) is 20.3 Å². The van der Waals surface area contributed by atoms with Crippen LogP contribution in [0.5, 0.6) is 0 Å². The van der Waals surface area contributed by atoms with E-state index in [-0.39, 0.29) is 0 Å². The Hall–Kier alpha value is -0.410. The zero-order chi connectivity index (χ0) is 6.74. The van der Waals surface area contributed by atoms with Crippen LogP contribution in [0.25, 0.3) is 0 Å². The zero-order valence-corrected chi connectivity index (χ0v) is 6.00. The highest BCUT2D eigenvalue weighted by Gasteiger charge is 2.24. The third-order valence-corrected chi connectivity index (χ3v) is 1.42. The minimum atomic E-state index is 0.552. The maximum Gasteiger partial charge on any atom is 0.218 e. The Balaban J connectivity index is 2.42.